The second-order valence-corrected chi connectivity index (χ2v) is 5.60. The molecule has 0 radical (unpaired) electrons. The molecule has 0 amide bonds. The highest BCUT2D eigenvalue weighted by atomic mass is 32.2. The lowest BCUT2D eigenvalue weighted by Crippen LogP contribution is -2.04. The summed E-state index contributed by atoms with van der Waals surface area (Å²) in [6, 6.07) is 9.68. The van der Waals surface area contributed by atoms with E-state index in [1.165, 1.54) is 22.7 Å². The van der Waals surface area contributed by atoms with Gasteiger partial charge in [-0.2, -0.15) is 5.10 Å². The zero-order valence-electron chi connectivity index (χ0n) is 8.58. The van der Waals surface area contributed by atoms with Crippen LogP contribution >= 0.6 is 22.7 Å². The highest BCUT2D eigenvalue weighted by Gasteiger charge is 2.02. The number of nitrogens with zero attached hydrogens (tertiary/aromatic N) is 2. The Morgan fingerprint density at radius 3 is 2.76 bits per heavy atom. The highest BCUT2D eigenvalue weighted by Crippen LogP contribution is 2.17. The van der Waals surface area contributed by atoms with Crippen molar-refractivity contribution in [2.24, 2.45) is 4.99 Å². The van der Waals surface area contributed by atoms with Gasteiger partial charge in [-0.05, 0) is 12.1 Å². The summed E-state index contributed by atoms with van der Waals surface area (Å²) in [6.07, 6.45) is 1.65. The zero-order chi connectivity index (χ0) is 11.7. The second-order valence-electron chi connectivity index (χ2n) is 3.31. The van der Waals surface area contributed by atoms with Crippen LogP contribution in [0.2, 0.25) is 0 Å². The number of hydrogen-bond donors (Lipinski definition) is 1. The summed E-state index contributed by atoms with van der Waals surface area (Å²) in [7, 11) is 0. The summed E-state index contributed by atoms with van der Waals surface area (Å²) < 4.78 is 2.40. The molecule has 2 aromatic heterocycles. The maximum atomic E-state index is 11.5. The average molecular weight is 261 g/mol. The van der Waals surface area contributed by atoms with Crippen LogP contribution in [-0.4, -0.2) is 10.2 Å². The van der Waals surface area contributed by atoms with E-state index in [0.29, 0.717) is 4.70 Å². The third-order valence-electron chi connectivity index (χ3n) is 2.14. The zero-order valence-corrected chi connectivity index (χ0v) is 10.2. The van der Waals surface area contributed by atoms with Crippen LogP contribution in [0.25, 0.3) is 9.40 Å². The van der Waals surface area contributed by atoms with Gasteiger partial charge >= 0.3 is 0 Å². The van der Waals surface area contributed by atoms with Gasteiger partial charge < -0.3 is 0 Å². The molecule has 0 spiro atoms. The molecule has 1 N–H and O–H groups in total. The molecular weight excluding hydrogens is 254 g/mol. The fraction of sp³-hybridized carbons (Fsp3) is 0. The largest absolute Gasteiger partial charge is 0.283 e. The monoisotopic (exact) mass is 261 g/mol. The van der Waals surface area contributed by atoms with Gasteiger partial charge in [-0.1, -0.05) is 29.5 Å². The molecule has 0 bridgehead atoms. The van der Waals surface area contributed by atoms with Crippen LogP contribution in [0.3, 0.4) is 0 Å². The van der Waals surface area contributed by atoms with E-state index in [2.05, 4.69) is 15.2 Å². The third kappa shape index (κ3) is 2.04. The summed E-state index contributed by atoms with van der Waals surface area (Å²) in [6.45, 7) is 0. The van der Waals surface area contributed by atoms with E-state index in [0.717, 1.165) is 14.4 Å². The lowest BCUT2D eigenvalue weighted by atomic mass is 10.3. The Kier molecular flexibility index (Phi) is 2.58. The van der Waals surface area contributed by atoms with Crippen molar-refractivity contribution in [3.63, 3.8) is 0 Å². The predicted octanol–water partition coefficient (Wildman–Crippen LogP) is 2.28. The minimum atomic E-state index is -0.154. The van der Waals surface area contributed by atoms with Gasteiger partial charge in [0.05, 0.1) is 16.6 Å². The van der Waals surface area contributed by atoms with Crippen LogP contribution in [0, 0.1) is 0 Å². The number of aromatic nitrogens is 2. The van der Waals surface area contributed by atoms with Crippen LogP contribution in [0.15, 0.2) is 46.3 Å². The van der Waals surface area contributed by atoms with Gasteiger partial charge in [0.1, 0.15) is 4.70 Å². The molecule has 0 unspecified atom stereocenters. The topological polar surface area (TPSA) is 58.1 Å². The predicted molar refractivity (Wildman–Crippen MR) is 69.8 cm³/mol. The standard InChI is InChI=1S/C11H7N3OS2/c15-10-9-8(6-12-14-10)16-11(17-9)13-7-4-2-1-3-5-7/h1-6H,(H,14,15). The quantitative estimate of drug-likeness (QED) is 0.730. The molecule has 84 valence electrons. The average Bonchev–Trinajstić information content (AvgIpc) is 2.74. The maximum Gasteiger partial charge on any atom is 0.283 e. The lowest BCUT2D eigenvalue weighted by molar-refractivity contribution is 1.02. The molecule has 0 saturated carbocycles. The fourth-order valence-corrected chi connectivity index (χ4v) is 3.58. The Labute approximate surface area is 104 Å². The Bertz CT molecular complexity index is 770. The lowest BCUT2D eigenvalue weighted by Gasteiger charge is -1.87. The molecule has 0 aliphatic carbocycles. The minimum absolute atomic E-state index is 0.154. The van der Waals surface area contributed by atoms with Crippen molar-refractivity contribution in [2.45, 2.75) is 0 Å². The molecule has 17 heavy (non-hydrogen) atoms. The number of H-pyrrole nitrogens is 1. The van der Waals surface area contributed by atoms with E-state index in [1.54, 1.807) is 6.20 Å². The summed E-state index contributed by atoms with van der Waals surface area (Å²) in [5, 5.41) is 6.19. The van der Waals surface area contributed by atoms with Crippen LogP contribution in [0.4, 0.5) is 5.69 Å². The number of para-hydroxylation sites is 1. The summed E-state index contributed by atoms with van der Waals surface area (Å²) in [5.41, 5.74) is 0.734. The van der Waals surface area contributed by atoms with Crippen LogP contribution < -0.4 is 9.54 Å². The molecule has 0 aliphatic rings. The van der Waals surface area contributed by atoms with Gasteiger partial charge in [0.25, 0.3) is 5.56 Å². The van der Waals surface area contributed by atoms with Crippen molar-refractivity contribution in [1.29, 1.82) is 0 Å². The number of hydrogen-bond acceptors (Lipinski definition) is 5. The Morgan fingerprint density at radius 1 is 1.18 bits per heavy atom. The van der Waals surface area contributed by atoms with E-state index in [4.69, 9.17) is 0 Å². The first-order valence-corrected chi connectivity index (χ1v) is 6.53. The molecule has 0 fully saturated rings. The smallest absolute Gasteiger partial charge is 0.266 e. The first-order valence-electron chi connectivity index (χ1n) is 4.90. The second kappa shape index (κ2) is 4.23. The molecule has 1 aromatic carbocycles. The van der Waals surface area contributed by atoms with Crippen molar-refractivity contribution < 1.29 is 0 Å². The van der Waals surface area contributed by atoms with E-state index in [1.807, 2.05) is 30.3 Å². The first-order chi connectivity index (χ1) is 8.33. The fourth-order valence-electron chi connectivity index (χ4n) is 1.40. The minimum Gasteiger partial charge on any atom is -0.266 e. The Balaban J connectivity index is 2.23. The first kappa shape index (κ1) is 10.4. The van der Waals surface area contributed by atoms with E-state index < -0.39 is 0 Å². The van der Waals surface area contributed by atoms with Crippen molar-refractivity contribution in [3.05, 3.63) is 50.9 Å². The molecule has 3 aromatic rings. The van der Waals surface area contributed by atoms with Gasteiger partial charge in [-0.25, -0.2) is 10.1 Å². The van der Waals surface area contributed by atoms with Crippen molar-refractivity contribution >= 4 is 37.8 Å². The summed E-state index contributed by atoms with van der Waals surface area (Å²) in [5.74, 6) is 0. The summed E-state index contributed by atoms with van der Waals surface area (Å²) in [4.78, 5) is 16.0. The van der Waals surface area contributed by atoms with Gasteiger partial charge in [0.2, 0.25) is 0 Å². The summed E-state index contributed by atoms with van der Waals surface area (Å²) >= 11 is 2.86. The normalized spacial score (nSPS) is 12.1. The SMILES string of the molecule is O=c1[nH]ncc2sc(=Nc3ccccc3)sc12. The molecule has 0 atom stereocenters. The molecular formula is C11H7N3OS2. The highest BCUT2D eigenvalue weighted by molar-refractivity contribution is 7.35. The van der Waals surface area contributed by atoms with E-state index in [9.17, 15) is 4.79 Å². The van der Waals surface area contributed by atoms with E-state index >= 15 is 0 Å². The third-order valence-corrected chi connectivity index (χ3v) is 4.44. The van der Waals surface area contributed by atoms with Crippen LogP contribution in [0.5, 0.6) is 0 Å². The Hall–Kier alpha value is -1.79. The molecule has 3 rings (SSSR count). The van der Waals surface area contributed by atoms with Gasteiger partial charge in [-0.3, -0.25) is 4.79 Å². The van der Waals surface area contributed by atoms with Crippen LogP contribution in [0.1, 0.15) is 0 Å². The molecule has 4 nitrogen and oxygen atoms in total. The van der Waals surface area contributed by atoms with Crippen molar-refractivity contribution in [3.8, 4) is 0 Å². The number of nitrogens with one attached hydrogen (secondary N) is 1. The van der Waals surface area contributed by atoms with Crippen LogP contribution in [-0.2, 0) is 0 Å². The Morgan fingerprint density at radius 2 is 2.00 bits per heavy atom. The molecule has 2 heterocycles. The number of rotatable bonds is 1. The van der Waals surface area contributed by atoms with Crippen molar-refractivity contribution in [2.75, 3.05) is 0 Å². The number of aromatic amines is 1. The van der Waals surface area contributed by atoms with Gasteiger partial charge in [-0.15, -0.1) is 11.3 Å². The molecule has 6 heteroatoms. The number of benzene rings is 1. The maximum absolute atomic E-state index is 11.5. The van der Waals surface area contributed by atoms with Gasteiger partial charge in [0, 0.05) is 0 Å². The number of fused-ring (bicyclic) bond motifs is 1. The molecule has 0 aliphatic heterocycles. The van der Waals surface area contributed by atoms with Gasteiger partial charge in [0.15, 0.2) is 3.98 Å². The molecule has 0 saturated heterocycles. The van der Waals surface area contributed by atoms with Crippen molar-refractivity contribution in [1.82, 2.24) is 10.2 Å². The van der Waals surface area contributed by atoms with E-state index in [-0.39, 0.29) is 5.56 Å².